The van der Waals surface area contributed by atoms with Crippen molar-refractivity contribution in [2.24, 2.45) is 7.05 Å². The zero-order chi connectivity index (χ0) is 26.1. The van der Waals surface area contributed by atoms with Gasteiger partial charge < -0.3 is 10.5 Å². The number of aromatic nitrogens is 6. The van der Waals surface area contributed by atoms with E-state index in [4.69, 9.17) is 10.5 Å². The normalized spacial score (nSPS) is 15.2. The number of fused-ring (bicyclic) bond motifs is 4. The molecule has 5 heterocycles. The molecule has 0 saturated heterocycles. The highest BCUT2D eigenvalue weighted by molar-refractivity contribution is 6.08. The van der Waals surface area contributed by atoms with E-state index in [1.807, 2.05) is 0 Å². The topological polar surface area (TPSA) is 116 Å². The number of benzene rings is 1. The second-order valence-corrected chi connectivity index (χ2v) is 8.43. The third-order valence-electron chi connectivity index (χ3n) is 6.11. The summed E-state index contributed by atoms with van der Waals surface area (Å²) in [5.41, 5.74) is 6.13. The van der Waals surface area contributed by atoms with Crippen LogP contribution in [0.15, 0.2) is 49.2 Å². The van der Waals surface area contributed by atoms with Crippen molar-refractivity contribution in [1.29, 1.82) is 0 Å². The minimum atomic E-state index is -4.67. The smallest absolute Gasteiger partial charge is 0.433 e. The van der Waals surface area contributed by atoms with Crippen LogP contribution in [0.4, 0.5) is 29.1 Å². The van der Waals surface area contributed by atoms with Gasteiger partial charge in [0, 0.05) is 24.9 Å². The van der Waals surface area contributed by atoms with E-state index in [1.54, 1.807) is 11.4 Å². The molecule has 188 valence electrons. The summed E-state index contributed by atoms with van der Waals surface area (Å²) in [4.78, 5) is 27.0. The first-order valence-electron chi connectivity index (χ1n) is 10.9. The zero-order valence-electron chi connectivity index (χ0n) is 18.9. The van der Waals surface area contributed by atoms with Crippen molar-refractivity contribution < 1.29 is 27.1 Å². The van der Waals surface area contributed by atoms with Crippen molar-refractivity contribution in [3.63, 3.8) is 0 Å². The lowest BCUT2D eigenvalue weighted by Gasteiger charge is -2.27. The van der Waals surface area contributed by atoms with E-state index in [0.717, 1.165) is 12.1 Å². The highest BCUT2D eigenvalue weighted by Gasteiger charge is 2.40. The van der Waals surface area contributed by atoms with Gasteiger partial charge in [0.25, 0.3) is 5.91 Å². The molecule has 2 N–H and O–H groups in total. The number of anilines is 2. The predicted molar refractivity (Wildman–Crippen MR) is 122 cm³/mol. The molecule has 0 radical (unpaired) electrons. The molecule has 1 amide bonds. The van der Waals surface area contributed by atoms with Gasteiger partial charge in [-0.3, -0.25) is 18.8 Å². The average Bonchev–Trinajstić information content (AvgIpc) is 3.59. The van der Waals surface area contributed by atoms with E-state index < -0.39 is 29.6 Å². The number of alkyl halides is 3. The van der Waals surface area contributed by atoms with Crippen LogP contribution in [0, 0.1) is 5.82 Å². The molecular weight excluding hydrogens is 496 g/mol. The maximum Gasteiger partial charge on any atom is 0.433 e. The molecule has 5 aromatic rings. The molecule has 1 aliphatic heterocycles. The van der Waals surface area contributed by atoms with Gasteiger partial charge in [0.15, 0.2) is 0 Å². The van der Waals surface area contributed by atoms with E-state index in [1.165, 1.54) is 46.6 Å². The Bertz CT molecular complexity index is 1710. The van der Waals surface area contributed by atoms with Crippen LogP contribution in [-0.2, 0) is 13.2 Å². The molecular formula is C23H16F4N8O2. The molecule has 0 saturated carbocycles. The van der Waals surface area contributed by atoms with Gasteiger partial charge in [-0.25, -0.2) is 19.3 Å². The summed E-state index contributed by atoms with van der Waals surface area (Å²) in [6, 6.07) is 3.55. The van der Waals surface area contributed by atoms with E-state index >= 15 is 4.39 Å². The Balaban J connectivity index is 1.49. The number of halogens is 4. The van der Waals surface area contributed by atoms with Crippen LogP contribution in [0.3, 0.4) is 0 Å². The first-order valence-corrected chi connectivity index (χ1v) is 10.9. The quantitative estimate of drug-likeness (QED) is 0.368. The Morgan fingerprint density at radius 1 is 1.19 bits per heavy atom. The van der Waals surface area contributed by atoms with Gasteiger partial charge in [-0.2, -0.15) is 18.3 Å². The number of amides is 1. The number of hydrogen-bond acceptors (Lipinski definition) is 7. The van der Waals surface area contributed by atoms with E-state index in [9.17, 15) is 18.0 Å². The Hall–Kier alpha value is -4.75. The second-order valence-electron chi connectivity index (χ2n) is 8.43. The third-order valence-corrected chi connectivity index (χ3v) is 6.11. The number of nitrogen functional groups attached to an aromatic ring is 1. The first-order chi connectivity index (χ1) is 17.6. The van der Waals surface area contributed by atoms with Crippen molar-refractivity contribution in [3.05, 3.63) is 71.8 Å². The van der Waals surface area contributed by atoms with Crippen LogP contribution < -0.4 is 15.4 Å². The number of nitrogens with two attached hydrogens (primary N) is 1. The van der Waals surface area contributed by atoms with Crippen molar-refractivity contribution in [1.82, 2.24) is 29.1 Å². The molecule has 37 heavy (non-hydrogen) atoms. The van der Waals surface area contributed by atoms with Gasteiger partial charge in [0.1, 0.15) is 35.5 Å². The minimum absolute atomic E-state index is 0.144. The number of hydrogen-bond donors (Lipinski definition) is 1. The molecule has 0 spiro atoms. The van der Waals surface area contributed by atoms with Gasteiger partial charge in [0.2, 0.25) is 5.88 Å². The second kappa shape index (κ2) is 7.88. The SMILES string of the molecule is Cn1cc(N(C(=O)c2cc3c(cc2F)nc(N)c2cncn23)[C@@H]2COc3nc(C(F)(F)F)ccc32)cn1. The maximum atomic E-state index is 15.3. The fourth-order valence-electron chi connectivity index (χ4n) is 4.40. The number of nitrogens with zero attached hydrogens (tertiary/aromatic N) is 7. The number of ether oxygens (including phenoxy) is 1. The molecule has 0 fully saturated rings. The van der Waals surface area contributed by atoms with Gasteiger partial charge >= 0.3 is 6.18 Å². The lowest BCUT2D eigenvalue weighted by Crippen LogP contribution is -2.36. The summed E-state index contributed by atoms with van der Waals surface area (Å²) in [6.07, 6.45) is 1.21. The first kappa shape index (κ1) is 22.7. The molecule has 1 aliphatic rings. The van der Waals surface area contributed by atoms with E-state index in [-0.39, 0.29) is 40.6 Å². The van der Waals surface area contributed by atoms with Crippen LogP contribution in [0.5, 0.6) is 5.88 Å². The van der Waals surface area contributed by atoms with Crippen molar-refractivity contribution in [3.8, 4) is 5.88 Å². The summed E-state index contributed by atoms with van der Waals surface area (Å²) in [7, 11) is 1.63. The third kappa shape index (κ3) is 3.59. The highest BCUT2D eigenvalue weighted by atomic mass is 19.4. The Kier molecular flexibility index (Phi) is 4.83. The molecule has 10 nitrogen and oxygen atoms in total. The molecule has 0 unspecified atom stereocenters. The van der Waals surface area contributed by atoms with Gasteiger partial charge in [-0.15, -0.1) is 0 Å². The van der Waals surface area contributed by atoms with Crippen molar-refractivity contribution in [2.45, 2.75) is 12.2 Å². The molecule has 4 aromatic heterocycles. The summed E-state index contributed by atoms with van der Waals surface area (Å²) in [5, 5.41) is 4.09. The standard InChI is InChI=1S/C23H16F4N8O2/c1-33-8-11(6-30-33)35(18-9-37-21-12(18)2-3-19(32-21)23(25,26)27)22(36)13-4-16-15(5-14(13)24)31-20(28)17-7-29-10-34(16)17/h2-8,10,18H,9H2,1H3,(H2,28,31)/t18-/m1/s1. The maximum absolute atomic E-state index is 15.3. The largest absolute Gasteiger partial charge is 0.475 e. The molecule has 14 heteroatoms. The molecule has 6 rings (SSSR count). The number of imidazole rings is 1. The summed E-state index contributed by atoms with van der Waals surface area (Å²) >= 11 is 0. The zero-order valence-corrected chi connectivity index (χ0v) is 18.9. The summed E-state index contributed by atoms with van der Waals surface area (Å²) in [6.45, 7) is -0.191. The lowest BCUT2D eigenvalue weighted by molar-refractivity contribution is -0.141. The van der Waals surface area contributed by atoms with Gasteiger partial charge in [-0.05, 0) is 18.2 Å². The van der Waals surface area contributed by atoms with Crippen LogP contribution in [-0.4, -0.2) is 41.6 Å². The number of aryl methyl sites for hydroxylation is 1. The molecule has 0 aliphatic carbocycles. The van der Waals surface area contributed by atoms with Crippen LogP contribution in [0.1, 0.15) is 27.7 Å². The van der Waals surface area contributed by atoms with Gasteiger partial charge in [-0.1, -0.05) is 0 Å². The Labute approximate surface area is 204 Å². The molecule has 1 atom stereocenters. The van der Waals surface area contributed by atoms with Crippen molar-refractivity contribution >= 4 is 34.0 Å². The monoisotopic (exact) mass is 512 g/mol. The predicted octanol–water partition coefficient (Wildman–Crippen LogP) is 3.53. The molecule has 1 aromatic carbocycles. The Morgan fingerprint density at radius 2 is 2.00 bits per heavy atom. The van der Waals surface area contributed by atoms with Gasteiger partial charge in [0.05, 0.1) is 41.0 Å². The number of carbonyl (C=O) groups is 1. The van der Waals surface area contributed by atoms with Crippen molar-refractivity contribution in [2.75, 3.05) is 17.2 Å². The fraction of sp³-hybridized carbons (Fsp3) is 0.174. The fourth-order valence-corrected chi connectivity index (χ4v) is 4.40. The van der Waals surface area contributed by atoms with E-state index in [0.29, 0.717) is 11.0 Å². The number of rotatable bonds is 3. The number of pyridine rings is 1. The lowest BCUT2D eigenvalue weighted by atomic mass is 10.1. The number of carbonyl (C=O) groups excluding carboxylic acids is 1. The average molecular weight is 512 g/mol. The van der Waals surface area contributed by atoms with Crippen LogP contribution >= 0.6 is 0 Å². The summed E-state index contributed by atoms with van der Waals surface area (Å²) in [5.74, 6) is -1.73. The Morgan fingerprint density at radius 3 is 2.73 bits per heavy atom. The highest BCUT2D eigenvalue weighted by Crippen LogP contribution is 2.40. The molecule has 0 bridgehead atoms. The minimum Gasteiger partial charge on any atom is -0.475 e. The van der Waals surface area contributed by atoms with Crippen LogP contribution in [0.25, 0.3) is 16.6 Å². The van der Waals surface area contributed by atoms with E-state index in [2.05, 4.69) is 20.1 Å². The summed E-state index contributed by atoms with van der Waals surface area (Å²) < 4.78 is 63.3. The van der Waals surface area contributed by atoms with Crippen LogP contribution in [0.2, 0.25) is 0 Å².